The third-order valence-corrected chi connectivity index (χ3v) is 6.74. The molecule has 1 heterocycles. The van der Waals surface area contributed by atoms with Crippen molar-refractivity contribution in [1.29, 1.82) is 0 Å². The first-order valence-electron chi connectivity index (χ1n) is 9.87. The second-order valence-electron chi connectivity index (χ2n) is 7.95. The molecular weight excluding hydrogens is 302 g/mol. The first-order valence-corrected chi connectivity index (χ1v) is 10.3. The molecule has 0 atom stereocenters. The first-order chi connectivity index (χ1) is 11.3. The lowest BCUT2D eigenvalue weighted by atomic mass is 9.68. The van der Waals surface area contributed by atoms with E-state index in [2.05, 4.69) is 18.0 Å². The van der Waals surface area contributed by atoms with Crippen LogP contribution in [0.3, 0.4) is 0 Å². The Balaban J connectivity index is 1.43. The first kappa shape index (κ1) is 17.3. The minimum absolute atomic E-state index is 0.613. The van der Waals surface area contributed by atoms with E-state index in [1.54, 1.807) is 0 Å². The lowest BCUT2D eigenvalue weighted by Gasteiger charge is -2.38. The monoisotopic (exact) mass is 333 g/mol. The smallest absolute Gasteiger partial charge is 0.129 e. The van der Waals surface area contributed by atoms with Gasteiger partial charge in [-0.15, -0.1) is 0 Å². The third-order valence-electron chi connectivity index (χ3n) is 6.52. The van der Waals surface area contributed by atoms with Gasteiger partial charge in [0.2, 0.25) is 0 Å². The van der Waals surface area contributed by atoms with Crippen molar-refractivity contribution in [3.05, 3.63) is 29.0 Å². The van der Waals surface area contributed by atoms with E-state index in [0.717, 1.165) is 23.7 Å². The molecule has 128 valence electrons. The van der Waals surface area contributed by atoms with Crippen molar-refractivity contribution in [3.8, 4) is 0 Å². The highest BCUT2D eigenvalue weighted by Crippen LogP contribution is 2.44. The molecule has 0 amide bonds. The number of nitrogens with zero attached hydrogens (tertiary/aromatic N) is 1. The maximum atomic E-state index is 5.91. The zero-order chi connectivity index (χ0) is 16.1. The zero-order valence-electron chi connectivity index (χ0n) is 14.6. The molecule has 0 bridgehead atoms. The summed E-state index contributed by atoms with van der Waals surface area (Å²) in [6.07, 6.45) is 17.9. The van der Waals surface area contributed by atoms with Crippen molar-refractivity contribution in [2.75, 3.05) is 0 Å². The Morgan fingerprint density at radius 1 is 0.957 bits per heavy atom. The molecule has 0 radical (unpaired) electrons. The summed E-state index contributed by atoms with van der Waals surface area (Å²) < 4.78 is 0. The number of rotatable bonds is 5. The summed E-state index contributed by atoms with van der Waals surface area (Å²) in [6.45, 7) is 2.32. The van der Waals surface area contributed by atoms with Crippen LogP contribution in [0, 0.1) is 17.8 Å². The fourth-order valence-electron chi connectivity index (χ4n) is 4.99. The van der Waals surface area contributed by atoms with Crippen molar-refractivity contribution in [3.63, 3.8) is 0 Å². The van der Waals surface area contributed by atoms with Crippen molar-refractivity contribution < 1.29 is 0 Å². The van der Waals surface area contributed by atoms with Crippen molar-refractivity contribution in [2.45, 2.75) is 83.5 Å². The van der Waals surface area contributed by atoms with Gasteiger partial charge in [0.05, 0.1) is 0 Å². The highest BCUT2D eigenvalue weighted by Gasteiger charge is 2.31. The van der Waals surface area contributed by atoms with Crippen LogP contribution >= 0.6 is 11.6 Å². The normalized spacial score (nSPS) is 31.9. The van der Waals surface area contributed by atoms with E-state index in [1.165, 1.54) is 76.2 Å². The van der Waals surface area contributed by atoms with Crippen molar-refractivity contribution in [2.24, 2.45) is 17.8 Å². The van der Waals surface area contributed by atoms with Crippen molar-refractivity contribution in [1.82, 2.24) is 4.98 Å². The van der Waals surface area contributed by atoms with E-state index in [-0.39, 0.29) is 0 Å². The Kier molecular flexibility index (Phi) is 6.39. The molecular formula is C21H32ClN. The van der Waals surface area contributed by atoms with Gasteiger partial charge < -0.3 is 0 Å². The lowest BCUT2D eigenvalue weighted by molar-refractivity contribution is 0.156. The second kappa shape index (κ2) is 8.51. The summed E-state index contributed by atoms with van der Waals surface area (Å²) >= 11 is 5.91. The van der Waals surface area contributed by atoms with E-state index < -0.39 is 0 Å². The van der Waals surface area contributed by atoms with Gasteiger partial charge in [0.25, 0.3) is 0 Å². The minimum atomic E-state index is 0.613. The van der Waals surface area contributed by atoms with Crippen LogP contribution in [0.15, 0.2) is 18.3 Å². The molecule has 1 aromatic heterocycles. The SMILES string of the molecule is CCCC[C@H]1CC[C@H]([C@H]2CC[C@H](c3ccc(Cl)nc3)CC2)CC1. The van der Waals surface area contributed by atoms with Crippen LogP contribution in [-0.2, 0) is 0 Å². The van der Waals surface area contributed by atoms with E-state index in [9.17, 15) is 0 Å². The predicted octanol–water partition coefficient (Wildman–Crippen LogP) is 7.01. The molecule has 0 saturated heterocycles. The quantitative estimate of drug-likeness (QED) is 0.528. The molecule has 0 unspecified atom stereocenters. The van der Waals surface area contributed by atoms with Gasteiger partial charge in [0.1, 0.15) is 5.15 Å². The topological polar surface area (TPSA) is 12.9 Å². The summed E-state index contributed by atoms with van der Waals surface area (Å²) in [5.74, 6) is 3.79. The summed E-state index contributed by atoms with van der Waals surface area (Å²) in [5, 5.41) is 0.613. The average molecular weight is 334 g/mol. The van der Waals surface area contributed by atoms with Gasteiger partial charge in [0, 0.05) is 6.20 Å². The highest BCUT2D eigenvalue weighted by atomic mass is 35.5. The fourth-order valence-corrected chi connectivity index (χ4v) is 5.11. The van der Waals surface area contributed by atoms with E-state index in [4.69, 9.17) is 11.6 Å². The van der Waals surface area contributed by atoms with E-state index >= 15 is 0 Å². The van der Waals surface area contributed by atoms with Crippen LogP contribution in [0.1, 0.15) is 89.0 Å². The lowest BCUT2D eigenvalue weighted by Crippen LogP contribution is -2.25. The Morgan fingerprint density at radius 2 is 1.61 bits per heavy atom. The molecule has 0 N–H and O–H groups in total. The Hall–Kier alpha value is -0.560. The predicted molar refractivity (Wildman–Crippen MR) is 98.9 cm³/mol. The Labute approximate surface area is 147 Å². The van der Waals surface area contributed by atoms with E-state index in [1.807, 2.05) is 12.3 Å². The molecule has 0 aliphatic heterocycles. The van der Waals surface area contributed by atoms with Gasteiger partial charge in [0.15, 0.2) is 0 Å². The van der Waals surface area contributed by atoms with E-state index in [0.29, 0.717) is 5.15 Å². The van der Waals surface area contributed by atoms with Crippen LogP contribution in [0.2, 0.25) is 5.15 Å². The maximum Gasteiger partial charge on any atom is 0.129 e. The molecule has 3 rings (SSSR count). The molecule has 23 heavy (non-hydrogen) atoms. The molecule has 2 aliphatic carbocycles. The van der Waals surface area contributed by atoms with Gasteiger partial charge in [-0.25, -0.2) is 4.98 Å². The number of halogens is 1. The molecule has 1 nitrogen and oxygen atoms in total. The molecule has 2 heteroatoms. The van der Waals surface area contributed by atoms with Crippen LogP contribution in [0.5, 0.6) is 0 Å². The fraction of sp³-hybridized carbons (Fsp3) is 0.762. The second-order valence-corrected chi connectivity index (χ2v) is 8.34. The number of aromatic nitrogens is 1. The molecule has 1 aromatic rings. The van der Waals surface area contributed by atoms with Crippen LogP contribution in [-0.4, -0.2) is 4.98 Å². The zero-order valence-corrected chi connectivity index (χ0v) is 15.4. The average Bonchev–Trinajstić information content (AvgIpc) is 2.61. The number of hydrogen-bond acceptors (Lipinski definition) is 1. The molecule has 2 fully saturated rings. The molecule has 2 saturated carbocycles. The van der Waals surface area contributed by atoms with Gasteiger partial charge in [-0.1, -0.05) is 56.7 Å². The van der Waals surface area contributed by atoms with Crippen LogP contribution in [0.4, 0.5) is 0 Å². The van der Waals surface area contributed by atoms with Gasteiger partial charge in [-0.05, 0) is 73.8 Å². The summed E-state index contributed by atoms with van der Waals surface area (Å²) in [5.41, 5.74) is 1.40. The maximum absolute atomic E-state index is 5.91. The Morgan fingerprint density at radius 3 is 2.17 bits per heavy atom. The Bertz CT molecular complexity index is 453. The number of unbranched alkanes of at least 4 members (excludes halogenated alkanes) is 1. The number of hydrogen-bond donors (Lipinski definition) is 0. The van der Waals surface area contributed by atoms with Crippen LogP contribution in [0.25, 0.3) is 0 Å². The molecule has 2 aliphatic rings. The molecule has 0 aromatic carbocycles. The summed E-state index contributed by atoms with van der Waals surface area (Å²) in [6, 6.07) is 4.12. The van der Waals surface area contributed by atoms with Gasteiger partial charge >= 0.3 is 0 Å². The summed E-state index contributed by atoms with van der Waals surface area (Å²) in [7, 11) is 0. The highest BCUT2D eigenvalue weighted by molar-refractivity contribution is 6.29. The number of pyridine rings is 1. The standard InChI is InChI=1S/C21H32ClN/c1-2-3-4-16-5-7-17(8-6-16)18-9-11-19(12-10-18)20-13-14-21(22)23-15-20/h13-19H,2-12H2,1H3/t16-,17-,18-,19-. The third kappa shape index (κ3) is 4.72. The van der Waals surface area contributed by atoms with Crippen molar-refractivity contribution >= 4 is 11.6 Å². The minimum Gasteiger partial charge on any atom is -0.244 e. The summed E-state index contributed by atoms with van der Waals surface area (Å²) in [4.78, 5) is 4.26. The van der Waals surface area contributed by atoms with Gasteiger partial charge in [-0.2, -0.15) is 0 Å². The van der Waals surface area contributed by atoms with Crippen LogP contribution < -0.4 is 0 Å². The largest absolute Gasteiger partial charge is 0.244 e. The van der Waals surface area contributed by atoms with Gasteiger partial charge in [-0.3, -0.25) is 0 Å². The molecule has 0 spiro atoms.